The molecular weight excluding hydrogens is 252 g/mol. The maximum absolute atomic E-state index is 8.84. The summed E-state index contributed by atoms with van der Waals surface area (Å²) in [5, 5.41) is 17.7. The first-order chi connectivity index (χ1) is 9.76. The summed E-state index contributed by atoms with van der Waals surface area (Å²) in [5.41, 5.74) is 0.718. The van der Waals surface area contributed by atoms with Crippen LogP contribution in [0.25, 0.3) is 6.08 Å². The second kappa shape index (κ2) is 8.61. The van der Waals surface area contributed by atoms with E-state index in [1.54, 1.807) is 25.3 Å². The lowest BCUT2D eigenvalue weighted by Gasteiger charge is -2.13. The minimum atomic E-state index is 0.0386. The Bertz CT molecular complexity index is 535. The van der Waals surface area contributed by atoms with E-state index in [1.165, 1.54) is 6.08 Å². The Hall–Kier alpha value is -2.46. The van der Waals surface area contributed by atoms with Crippen molar-refractivity contribution in [1.29, 1.82) is 10.5 Å². The standard InChI is InChI=1S/C16H18N2O2/c1-3-4-5-9-20-16-14(10-13(11-17)12-18)7-6-8-15(16)19-2/h6-8,10H,3-5,9H2,1-2H3. The molecule has 0 aliphatic rings. The molecule has 0 atom stereocenters. The summed E-state index contributed by atoms with van der Waals surface area (Å²) in [7, 11) is 1.57. The molecule has 1 rings (SSSR count). The smallest absolute Gasteiger partial charge is 0.168 e. The number of methoxy groups -OCH3 is 1. The van der Waals surface area contributed by atoms with Crippen LogP contribution in [0.1, 0.15) is 31.7 Å². The van der Waals surface area contributed by atoms with Gasteiger partial charge in [0.1, 0.15) is 17.7 Å². The number of para-hydroxylation sites is 1. The third-order valence-corrected chi connectivity index (χ3v) is 2.76. The van der Waals surface area contributed by atoms with Gasteiger partial charge in [0.15, 0.2) is 11.5 Å². The highest BCUT2D eigenvalue weighted by Gasteiger charge is 2.09. The molecule has 104 valence electrons. The fourth-order valence-electron chi connectivity index (χ4n) is 1.73. The van der Waals surface area contributed by atoms with Crippen LogP contribution in [0.5, 0.6) is 11.5 Å². The first kappa shape index (κ1) is 15.6. The number of unbranched alkanes of at least 4 members (excludes halogenated alkanes) is 2. The highest BCUT2D eigenvalue weighted by Crippen LogP contribution is 2.32. The first-order valence-corrected chi connectivity index (χ1v) is 6.58. The molecule has 0 amide bonds. The SMILES string of the molecule is CCCCCOc1c(C=C(C#N)C#N)cccc1OC. The Labute approximate surface area is 119 Å². The zero-order valence-electron chi connectivity index (χ0n) is 11.8. The van der Waals surface area contributed by atoms with E-state index in [4.69, 9.17) is 20.0 Å². The highest BCUT2D eigenvalue weighted by atomic mass is 16.5. The molecule has 0 radical (unpaired) electrons. The van der Waals surface area contributed by atoms with Gasteiger partial charge in [-0.25, -0.2) is 0 Å². The largest absolute Gasteiger partial charge is 0.493 e. The molecule has 4 nitrogen and oxygen atoms in total. The van der Waals surface area contributed by atoms with Gasteiger partial charge in [-0.05, 0) is 18.6 Å². The Morgan fingerprint density at radius 1 is 1.25 bits per heavy atom. The number of allylic oxidation sites excluding steroid dienone is 1. The summed E-state index contributed by atoms with van der Waals surface area (Å²) in [6.45, 7) is 2.72. The molecule has 0 saturated heterocycles. The predicted octanol–water partition coefficient (Wildman–Crippen LogP) is 3.69. The molecule has 0 aromatic heterocycles. The Kier molecular flexibility index (Phi) is 6.71. The lowest BCUT2D eigenvalue weighted by Crippen LogP contribution is -2.01. The first-order valence-electron chi connectivity index (χ1n) is 6.58. The molecule has 0 aliphatic heterocycles. The number of hydrogen-bond donors (Lipinski definition) is 0. The zero-order valence-corrected chi connectivity index (χ0v) is 11.8. The van der Waals surface area contributed by atoms with Crippen molar-refractivity contribution < 1.29 is 9.47 Å². The van der Waals surface area contributed by atoms with E-state index in [0.29, 0.717) is 23.7 Å². The summed E-state index contributed by atoms with van der Waals surface area (Å²) in [6, 6.07) is 9.09. The second-order valence-corrected chi connectivity index (χ2v) is 4.22. The molecule has 0 saturated carbocycles. The van der Waals surface area contributed by atoms with Gasteiger partial charge in [0.2, 0.25) is 0 Å². The fraction of sp³-hybridized carbons (Fsp3) is 0.375. The molecule has 1 aromatic rings. The predicted molar refractivity (Wildman–Crippen MR) is 77.2 cm³/mol. The fourth-order valence-corrected chi connectivity index (χ4v) is 1.73. The van der Waals surface area contributed by atoms with E-state index in [0.717, 1.165) is 19.3 Å². The van der Waals surface area contributed by atoms with E-state index in [1.807, 2.05) is 12.1 Å². The van der Waals surface area contributed by atoms with Gasteiger partial charge in [-0.2, -0.15) is 10.5 Å². The van der Waals surface area contributed by atoms with Crippen LogP contribution in [-0.2, 0) is 0 Å². The van der Waals surface area contributed by atoms with E-state index in [2.05, 4.69) is 6.92 Å². The molecule has 1 aromatic carbocycles. The molecule has 0 aliphatic carbocycles. The average molecular weight is 270 g/mol. The van der Waals surface area contributed by atoms with Crippen LogP contribution in [0.2, 0.25) is 0 Å². The lowest BCUT2D eigenvalue weighted by atomic mass is 10.1. The summed E-state index contributed by atoms with van der Waals surface area (Å²) >= 11 is 0. The van der Waals surface area contributed by atoms with Crippen molar-refractivity contribution in [3.63, 3.8) is 0 Å². The molecule has 0 heterocycles. The van der Waals surface area contributed by atoms with Gasteiger partial charge in [0, 0.05) is 5.56 Å². The Balaban J connectivity index is 3.02. The second-order valence-electron chi connectivity index (χ2n) is 4.22. The maximum atomic E-state index is 8.84. The topological polar surface area (TPSA) is 66.0 Å². The van der Waals surface area contributed by atoms with E-state index in [-0.39, 0.29) is 5.57 Å². The van der Waals surface area contributed by atoms with Gasteiger partial charge in [0.25, 0.3) is 0 Å². The molecule has 4 heteroatoms. The summed E-state index contributed by atoms with van der Waals surface area (Å²) < 4.78 is 11.0. The maximum Gasteiger partial charge on any atom is 0.168 e. The Morgan fingerprint density at radius 3 is 2.60 bits per heavy atom. The van der Waals surface area contributed by atoms with Crippen LogP contribution in [0, 0.1) is 22.7 Å². The summed E-state index contributed by atoms with van der Waals surface area (Å²) in [5.74, 6) is 1.18. The number of nitriles is 2. The third-order valence-electron chi connectivity index (χ3n) is 2.76. The molecule has 0 bridgehead atoms. The summed E-state index contributed by atoms with van der Waals surface area (Å²) in [4.78, 5) is 0. The van der Waals surface area contributed by atoms with E-state index < -0.39 is 0 Å². The molecule has 0 unspecified atom stereocenters. The van der Waals surface area contributed by atoms with Crippen LogP contribution in [0.4, 0.5) is 0 Å². The van der Waals surface area contributed by atoms with E-state index >= 15 is 0 Å². The average Bonchev–Trinajstić information content (AvgIpc) is 2.49. The quantitative estimate of drug-likeness (QED) is 0.559. The van der Waals surface area contributed by atoms with Gasteiger partial charge in [-0.3, -0.25) is 0 Å². The van der Waals surface area contributed by atoms with Gasteiger partial charge in [0.05, 0.1) is 13.7 Å². The number of benzene rings is 1. The molecule has 0 N–H and O–H groups in total. The van der Waals surface area contributed by atoms with Crippen molar-refractivity contribution in [2.24, 2.45) is 0 Å². The van der Waals surface area contributed by atoms with Crippen LogP contribution in [0.15, 0.2) is 23.8 Å². The van der Waals surface area contributed by atoms with Crippen molar-refractivity contribution in [3.8, 4) is 23.6 Å². The zero-order chi connectivity index (χ0) is 14.8. The molecular formula is C16H18N2O2. The van der Waals surface area contributed by atoms with Gasteiger partial charge in [-0.1, -0.05) is 31.9 Å². The van der Waals surface area contributed by atoms with Crippen molar-refractivity contribution in [3.05, 3.63) is 29.3 Å². The van der Waals surface area contributed by atoms with Crippen molar-refractivity contribution >= 4 is 6.08 Å². The molecule has 0 fully saturated rings. The van der Waals surface area contributed by atoms with Crippen LogP contribution >= 0.6 is 0 Å². The molecule has 0 spiro atoms. The van der Waals surface area contributed by atoms with Gasteiger partial charge >= 0.3 is 0 Å². The summed E-state index contributed by atoms with van der Waals surface area (Å²) in [6.07, 6.45) is 4.69. The number of nitrogens with zero attached hydrogens (tertiary/aromatic N) is 2. The minimum absolute atomic E-state index is 0.0386. The number of hydrogen-bond acceptors (Lipinski definition) is 4. The van der Waals surface area contributed by atoms with Gasteiger partial charge in [-0.15, -0.1) is 0 Å². The van der Waals surface area contributed by atoms with Crippen LogP contribution in [-0.4, -0.2) is 13.7 Å². The Morgan fingerprint density at radius 2 is 2.00 bits per heavy atom. The third kappa shape index (κ3) is 4.33. The van der Waals surface area contributed by atoms with Crippen LogP contribution in [0.3, 0.4) is 0 Å². The highest BCUT2D eigenvalue weighted by molar-refractivity contribution is 5.68. The normalized spacial score (nSPS) is 9.20. The van der Waals surface area contributed by atoms with E-state index in [9.17, 15) is 0 Å². The lowest BCUT2D eigenvalue weighted by molar-refractivity contribution is 0.285. The van der Waals surface area contributed by atoms with Crippen molar-refractivity contribution in [2.45, 2.75) is 26.2 Å². The van der Waals surface area contributed by atoms with Gasteiger partial charge < -0.3 is 9.47 Å². The molecule has 20 heavy (non-hydrogen) atoms. The number of rotatable bonds is 7. The minimum Gasteiger partial charge on any atom is -0.493 e. The van der Waals surface area contributed by atoms with Crippen molar-refractivity contribution in [2.75, 3.05) is 13.7 Å². The number of ether oxygens (including phenoxy) is 2. The van der Waals surface area contributed by atoms with Crippen molar-refractivity contribution in [1.82, 2.24) is 0 Å². The monoisotopic (exact) mass is 270 g/mol. The van der Waals surface area contributed by atoms with Crippen LogP contribution < -0.4 is 9.47 Å².